The first-order valence-electron chi connectivity index (χ1n) is 13.2. The molecule has 1 atom stereocenters. The van der Waals surface area contributed by atoms with Gasteiger partial charge in [-0.25, -0.2) is 0 Å². The Hall–Kier alpha value is -3.69. The van der Waals surface area contributed by atoms with Crippen LogP contribution in [0.15, 0.2) is 108 Å². The number of nitrogens with zero attached hydrogens (tertiary/aromatic N) is 1. The lowest BCUT2D eigenvalue weighted by Gasteiger charge is -2.36. The van der Waals surface area contributed by atoms with E-state index >= 15 is 0 Å². The van der Waals surface area contributed by atoms with Gasteiger partial charge in [0.05, 0.1) is 0 Å². The van der Waals surface area contributed by atoms with Gasteiger partial charge in [0.1, 0.15) is 17.4 Å². The lowest BCUT2D eigenvalue weighted by molar-refractivity contribution is 0.107. The van der Waals surface area contributed by atoms with Gasteiger partial charge >= 0.3 is 0 Å². The van der Waals surface area contributed by atoms with Crippen LogP contribution in [0.5, 0.6) is 5.75 Å². The third-order valence-corrected chi connectivity index (χ3v) is 7.16. The standard InChI is InChI=1S/C35H39NO2/c1-33(2,3)29-22-26(31(37)30(23-29)34(4,5)6)24-36-35(27-18-12-8-13-19-27,28-20-14-9-15-21-28)32(38)25-16-10-7-11-17-25/h7-24,32,37-38H,1-6H3. The van der Waals surface area contributed by atoms with E-state index in [4.69, 9.17) is 4.99 Å². The van der Waals surface area contributed by atoms with Crippen LogP contribution in [0.4, 0.5) is 0 Å². The maximum atomic E-state index is 12.1. The maximum absolute atomic E-state index is 12.1. The number of aliphatic hydroxyl groups is 1. The number of aliphatic hydroxyl groups excluding tert-OH is 1. The summed E-state index contributed by atoms with van der Waals surface area (Å²) in [4.78, 5) is 5.21. The number of phenols is 1. The molecule has 0 aliphatic carbocycles. The molecule has 4 aromatic rings. The van der Waals surface area contributed by atoms with Crippen LogP contribution >= 0.6 is 0 Å². The minimum atomic E-state index is -1.14. The van der Waals surface area contributed by atoms with Crippen molar-refractivity contribution in [3.05, 3.63) is 137 Å². The SMILES string of the molecule is CC(C)(C)c1cc(C=NC(c2ccccc2)(c2ccccc2)C(O)c2ccccc2)c(O)c(C(C)(C)C)c1. The highest BCUT2D eigenvalue weighted by molar-refractivity contribution is 5.85. The monoisotopic (exact) mass is 505 g/mol. The Morgan fingerprint density at radius 2 is 1.11 bits per heavy atom. The second kappa shape index (κ2) is 10.6. The molecular weight excluding hydrogens is 466 g/mol. The fraction of sp³-hybridized carbons (Fsp3) is 0.286. The molecule has 3 heteroatoms. The van der Waals surface area contributed by atoms with E-state index in [1.165, 1.54) is 0 Å². The second-order valence-corrected chi connectivity index (χ2v) is 12.0. The molecule has 0 bridgehead atoms. The number of rotatable bonds is 6. The average molecular weight is 506 g/mol. The van der Waals surface area contributed by atoms with Crippen molar-refractivity contribution < 1.29 is 10.2 Å². The summed E-state index contributed by atoms with van der Waals surface area (Å²) in [6.45, 7) is 12.8. The van der Waals surface area contributed by atoms with E-state index in [1.807, 2.05) is 97.1 Å². The van der Waals surface area contributed by atoms with Crippen molar-refractivity contribution in [2.45, 2.75) is 64.0 Å². The predicted octanol–water partition coefficient (Wildman–Crippen LogP) is 8.08. The topological polar surface area (TPSA) is 52.8 Å². The summed E-state index contributed by atoms with van der Waals surface area (Å²) < 4.78 is 0. The third kappa shape index (κ3) is 5.44. The van der Waals surface area contributed by atoms with E-state index < -0.39 is 11.6 Å². The molecule has 2 N–H and O–H groups in total. The molecular formula is C35H39NO2. The van der Waals surface area contributed by atoms with Crippen LogP contribution in [-0.4, -0.2) is 16.4 Å². The Bertz CT molecular complexity index is 1340. The van der Waals surface area contributed by atoms with Gasteiger partial charge < -0.3 is 10.2 Å². The summed E-state index contributed by atoms with van der Waals surface area (Å²) in [6, 6.07) is 33.6. The van der Waals surface area contributed by atoms with Gasteiger partial charge in [0, 0.05) is 17.3 Å². The average Bonchev–Trinajstić information content (AvgIpc) is 2.90. The fourth-order valence-corrected chi connectivity index (χ4v) is 4.89. The van der Waals surface area contributed by atoms with Gasteiger partial charge in [-0.15, -0.1) is 0 Å². The van der Waals surface area contributed by atoms with Crippen LogP contribution in [0.3, 0.4) is 0 Å². The van der Waals surface area contributed by atoms with Crippen molar-refractivity contribution in [3.8, 4) is 5.75 Å². The molecule has 0 amide bonds. The first kappa shape index (κ1) is 27.3. The van der Waals surface area contributed by atoms with Gasteiger partial charge in [0.25, 0.3) is 0 Å². The molecule has 0 spiro atoms. The normalized spacial score (nSPS) is 13.6. The van der Waals surface area contributed by atoms with Gasteiger partial charge in [-0.1, -0.05) is 139 Å². The zero-order chi connectivity index (χ0) is 27.6. The summed E-state index contributed by atoms with van der Waals surface area (Å²) in [6.07, 6.45) is 0.770. The van der Waals surface area contributed by atoms with Gasteiger partial charge in [-0.3, -0.25) is 4.99 Å². The summed E-state index contributed by atoms with van der Waals surface area (Å²) in [7, 11) is 0. The Morgan fingerprint density at radius 3 is 1.55 bits per heavy atom. The molecule has 4 aromatic carbocycles. The molecule has 0 saturated carbocycles. The van der Waals surface area contributed by atoms with Crippen molar-refractivity contribution >= 4 is 6.21 Å². The van der Waals surface area contributed by atoms with E-state index in [0.717, 1.165) is 27.8 Å². The van der Waals surface area contributed by atoms with Crippen LogP contribution in [0.2, 0.25) is 0 Å². The molecule has 0 aliphatic heterocycles. The molecule has 0 heterocycles. The maximum Gasteiger partial charge on any atom is 0.141 e. The predicted molar refractivity (Wildman–Crippen MR) is 158 cm³/mol. The Labute approximate surface area is 227 Å². The van der Waals surface area contributed by atoms with Crippen molar-refractivity contribution in [1.29, 1.82) is 0 Å². The largest absolute Gasteiger partial charge is 0.507 e. The van der Waals surface area contributed by atoms with Gasteiger partial charge in [-0.2, -0.15) is 0 Å². The summed E-state index contributed by atoms with van der Waals surface area (Å²) in [5.74, 6) is 0.221. The van der Waals surface area contributed by atoms with Gasteiger partial charge in [0.15, 0.2) is 0 Å². The minimum absolute atomic E-state index is 0.115. The van der Waals surface area contributed by atoms with Crippen molar-refractivity contribution in [2.75, 3.05) is 0 Å². The highest BCUT2D eigenvalue weighted by Gasteiger charge is 2.42. The number of hydrogen-bond acceptors (Lipinski definition) is 3. The molecule has 0 aromatic heterocycles. The Balaban J connectivity index is 2.02. The molecule has 0 saturated heterocycles. The van der Waals surface area contributed by atoms with E-state index in [-0.39, 0.29) is 16.6 Å². The summed E-state index contributed by atoms with van der Waals surface area (Å²) >= 11 is 0. The first-order chi connectivity index (χ1) is 17.9. The number of phenolic OH excluding ortho intramolecular Hbond substituents is 1. The van der Waals surface area contributed by atoms with Crippen molar-refractivity contribution in [3.63, 3.8) is 0 Å². The molecule has 38 heavy (non-hydrogen) atoms. The highest BCUT2D eigenvalue weighted by atomic mass is 16.3. The first-order valence-corrected chi connectivity index (χ1v) is 13.2. The smallest absolute Gasteiger partial charge is 0.141 e. The van der Waals surface area contributed by atoms with E-state index in [9.17, 15) is 10.2 Å². The van der Waals surface area contributed by atoms with Gasteiger partial charge in [-0.05, 0) is 39.2 Å². The molecule has 4 rings (SSSR count). The highest BCUT2D eigenvalue weighted by Crippen LogP contribution is 2.45. The van der Waals surface area contributed by atoms with Gasteiger partial charge in [0.2, 0.25) is 0 Å². The molecule has 0 radical (unpaired) electrons. The lowest BCUT2D eigenvalue weighted by atomic mass is 9.76. The zero-order valence-electron chi connectivity index (χ0n) is 23.3. The molecule has 0 fully saturated rings. The molecule has 196 valence electrons. The Kier molecular flexibility index (Phi) is 7.62. The fourth-order valence-electron chi connectivity index (χ4n) is 4.89. The van der Waals surface area contributed by atoms with E-state index in [0.29, 0.717) is 5.56 Å². The van der Waals surface area contributed by atoms with Crippen LogP contribution in [-0.2, 0) is 16.4 Å². The van der Waals surface area contributed by atoms with Crippen LogP contribution < -0.4 is 0 Å². The Morgan fingerprint density at radius 1 is 0.632 bits per heavy atom. The number of benzene rings is 4. The lowest BCUT2D eigenvalue weighted by Crippen LogP contribution is -2.33. The summed E-state index contributed by atoms with van der Waals surface area (Å²) in [5, 5.41) is 23.5. The van der Waals surface area contributed by atoms with Crippen LogP contribution in [0.1, 0.15) is 81.0 Å². The van der Waals surface area contributed by atoms with E-state index in [2.05, 4.69) is 47.6 Å². The van der Waals surface area contributed by atoms with Crippen molar-refractivity contribution in [1.82, 2.24) is 0 Å². The molecule has 0 aliphatic rings. The van der Waals surface area contributed by atoms with E-state index in [1.54, 1.807) is 6.21 Å². The van der Waals surface area contributed by atoms with Crippen LogP contribution in [0, 0.1) is 0 Å². The number of hydrogen-bond donors (Lipinski definition) is 2. The quantitative estimate of drug-likeness (QED) is 0.260. The third-order valence-electron chi connectivity index (χ3n) is 7.16. The second-order valence-electron chi connectivity index (χ2n) is 12.0. The zero-order valence-corrected chi connectivity index (χ0v) is 23.3. The summed E-state index contributed by atoms with van der Waals surface area (Å²) in [5.41, 5.74) is 3.61. The number of aliphatic imine (C=N–C) groups is 1. The number of aromatic hydroxyl groups is 1. The molecule has 3 nitrogen and oxygen atoms in total. The minimum Gasteiger partial charge on any atom is -0.507 e. The van der Waals surface area contributed by atoms with Crippen molar-refractivity contribution in [2.24, 2.45) is 4.99 Å². The molecule has 1 unspecified atom stereocenters. The van der Waals surface area contributed by atoms with Crippen LogP contribution in [0.25, 0.3) is 0 Å².